The Bertz CT molecular complexity index is 221. The Labute approximate surface area is 88.2 Å². The number of allylic oxidation sites excluding steroid dienone is 4. The van der Waals surface area contributed by atoms with Crippen molar-refractivity contribution < 1.29 is 4.74 Å². The zero-order valence-electron chi connectivity index (χ0n) is 9.84. The second kappa shape index (κ2) is 7.43. The molecule has 0 aliphatic heterocycles. The summed E-state index contributed by atoms with van der Waals surface area (Å²) in [5.41, 5.74) is 1.09. The van der Waals surface area contributed by atoms with E-state index >= 15 is 0 Å². The van der Waals surface area contributed by atoms with Gasteiger partial charge in [0.25, 0.3) is 0 Å². The van der Waals surface area contributed by atoms with E-state index in [1.807, 2.05) is 26.8 Å². The molecule has 0 fully saturated rings. The van der Waals surface area contributed by atoms with Gasteiger partial charge in [0, 0.05) is 0 Å². The van der Waals surface area contributed by atoms with Crippen molar-refractivity contribution in [1.29, 1.82) is 0 Å². The monoisotopic (exact) mass is 194 g/mol. The van der Waals surface area contributed by atoms with Gasteiger partial charge < -0.3 is 4.74 Å². The van der Waals surface area contributed by atoms with Crippen molar-refractivity contribution >= 4 is 0 Å². The molecule has 0 rings (SSSR count). The molecule has 0 radical (unpaired) electrons. The van der Waals surface area contributed by atoms with Crippen molar-refractivity contribution in [3.63, 3.8) is 0 Å². The van der Waals surface area contributed by atoms with Crippen LogP contribution in [-0.4, -0.2) is 6.10 Å². The van der Waals surface area contributed by atoms with Gasteiger partial charge in [0.2, 0.25) is 0 Å². The van der Waals surface area contributed by atoms with E-state index in [-0.39, 0.29) is 6.10 Å². The van der Waals surface area contributed by atoms with E-state index in [9.17, 15) is 0 Å². The smallest absolute Gasteiger partial charge is 0.115 e. The Balaban J connectivity index is 4.03. The number of rotatable bonds is 6. The van der Waals surface area contributed by atoms with Crippen LogP contribution >= 0.6 is 0 Å². The highest BCUT2D eigenvalue weighted by molar-refractivity contribution is 5.25. The predicted molar refractivity (Wildman–Crippen MR) is 63.2 cm³/mol. The fourth-order valence-electron chi connectivity index (χ4n) is 0.946. The lowest BCUT2D eigenvalue weighted by molar-refractivity contribution is 0.155. The van der Waals surface area contributed by atoms with E-state index in [1.54, 1.807) is 0 Å². The van der Waals surface area contributed by atoms with E-state index in [1.165, 1.54) is 6.42 Å². The lowest BCUT2D eigenvalue weighted by Gasteiger charge is -2.12. The first kappa shape index (κ1) is 13.0. The van der Waals surface area contributed by atoms with Crippen LogP contribution in [-0.2, 0) is 4.74 Å². The van der Waals surface area contributed by atoms with Gasteiger partial charge in [-0.25, -0.2) is 0 Å². The first-order chi connectivity index (χ1) is 6.57. The molecule has 0 aliphatic carbocycles. The lowest BCUT2D eigenvalue weighted by atomic mass is 10.2. The molecular formula is C13H22O. The third-order valence-electron chi connectivity index (χ3n) is 1.76. The fraction of sp³-hybridized carbons (Fsp3) is 0.538. The molecule has 0 amide bonds. The number of hydrogen-bond acceptors (Lipinski definition) is 1. The summed E-state index contributed by atoms with van der Waals surface area (Å²) in [4.78, 5) is 0. The average Bonchev–Trinajstić information content (AvgIpc) is 2.11. The summed E-state index contributed by atoms with van der Waals surface area (Å²) in [6.07, 6.45) is 8.78. The zero-order valence-corrected chi connectivity index (χ0v) is 9.84. The molecule has 80 valence electrons. The van der Waals surface area contributed by atoms with Crippen LogP contribution < -0.4 is 0 Å². The van der Waals surface area contributed by atoms with Gasteiger partial charge in [0.1, 0.15) is 5.76 Å². The number of unbranched alkanes of at least 4 members (excludes halogenated alkanes) is 1. The largest absolute Gasteiger partial charge is 0.491 e. The van der Waals surface area contributed by atoms with Gasteiger partial charge in [-0.05, 0) is 32.8 Å². The maximum Gasteiger partial charge on any atom is 0.115 e. The van der Waals surface area contributed by atoms with Crippen LogP contribution in [0.2, 0.25) is 0 Å². The molecule has 1 heteroatoms. The Morgan fingerprint density at radius 1 is 1.43 bits per heavy atom. The third-order valence-corrected chi connectivity index (χ3v) is 1.76. The van der Waals surface area contributed by atoms with Gasteiger partial charge in [-0.3, -0.25) is 0 Å². The van der Waals surface area contributed by atoms with Crippen molar-refractivity contribution in [2.75, 3.05) is 0 Å². The highest BCUT2D eigenvalue weighted by Crippen LogP contribution is 2.10. The Hall–Kier alpha value is -0.980. The molecule has 0 unspecified atom stereocenters. The van der Waals surface area contributed by atoms with Crippen molar-refractivity contribution in [2.24, 2.45) is 0 Å². The highest BCUT2D eigenvalue weighted by atomic mass is 16.5. The molecule has 0 N–H and O–H groups in total. The molecule has 1 nitrogen and oxygen atoms in total. The van der Waals surface area contributed by atoms with Gasteiger partial charge >= 0.3 is 0 Å². The van der Waals surface area contributed by atoms with Crippen LogP contribution in [0.1, 0.15) is 40.5 Å². The minimum absolute atomic E-state index is 0.200. The summed E-state index contributed by atoms with van der Waals surface area (Å²) in [6.45, 7) is 12.1. The van der Waals surface area contributed by atoms with Crippen LogP contribution in [0.15, 0.2) is 36.1 Å². The van der Waals surface area contributed by atoms with E-state index in [0.717, 1.165) is 17.8 Å². The Morgan fingerprint density at radius 2 is 2.07 bits per heavy atom. The first-order valence-electron chi connectivity index (χ1n) is 5.27. The van der Waals surface area contributed by atoms with Crippen LogP contribution in [0.5, 0.6) is 0 Å². The van der Waals surface area contributed by atoms with Crippen LogP contribution in [0, 0.1) is 0 Å². The Kier molecular flexibility index (Phi) is 6.91. The molecule has 0 aromatic heterocycles. The lowest BCUT2D eigenvalue weighted by Crippen LogP contribution is -2.01. The summed E-state index contributed by atoms with van der Waals surface area (Å²) in [7, 11) is 0. The maximum absolute atomic E-state index is 5.47. The molecule has 0 saturated heterocycles. The SMILES string of the molecule is C=C(OC(C)C)/C(C)=C\C=C/CCC. The molecular weight excluding hydrogens is 172 g/mol. The fourth-order valence-corrected chi connectivity index (χ4v) is 0.946. The molecule has 14 heavy (non-hydrogen) atoms. The summed E-state index contributed by atoms with van der Waals surface area (Å²) in [5.74, 6) is 0.765. The maximum atomic E-state index is 5.47. The van der Waals surface area contributed by atoms with E-state index in [4.69, 9.17) is 4.74 Å². The molecule has 0 spiro atoms. The van der Waals surface area contributed by atoms with Crippen LogP contribution in [0.3, 0.4) is 0 Å². The zero-order chi connectivity index (χ0) is 11.0. The van der Waals surface area contributed by atoms with Crippen molar-refractivity contribution in [3.8, 4) is 0 Å². The molecule has 0 heterocycles. The third kappa shape index (κ3) is 6.53. The standard InChI is InChI=1S/C13H22O/c1-6-7-8-9-10-12(4)13(5)14-11(2)3/h8-11H,5-7H2,1-4H3/b9-8-,12-10-. The van der Waals surface area contributed by atoms with E-state index in [0.29, 0.717) is 0 Å². The normalized spacial score (nSPS) is 12.5. The molecule has 0 aromatic carbocycles. The summed E-state index contributed by atoms with van der Waals surface area (Å²) < 4.78 is 5.47. The average molecular weight is 194 g/mol. The summed E-state index contributed by atoms with van der Waals surface area (Å²) >= 11 is 0. The quantitative estimate of drug-likeness (QED) is 0.454. The summed E-state index contributed by atoms with van der Waals surface area (Å²) in [6, 6.07) is 0. The van der Waals surface area contributed by atoms with Gasteiger partial charge in [0.05, 0.1) is 6.10 Å². The first-order valence-corrected chi connectivity index (χ1v) is 5.27. The molecule has 0 saturated carbocycles. The van der Waals surface area contributed by atoms with Gasteiger partial charge in [-0.1, -0.05) is 38.2 Å². The highest BCUT2D eigenvalue weighted by Gasteiger charge is 1.98. The van der Waals surface area contributed by atoms with Crippen LogP contribution in [0.4, 0.5) is 0 Å². The van der Waals surface area contributed by atoms with Gasteiger partial charge in [0.15, 0.2) is 0 Å². The molecule has 0 aliphatic rings. The van der Waals surface area contributed by atoms with E-state index in [2.05, 4.69) is 25.7 Å². The topological polar surface area (TPSA) is 9.23 Å². The van der Waals surface area contributed by atoms with Crippen molar-refractivity contribution in [2.45, 2.75) is 46.6 Å². The van der Waals surface area contributed by atoms with Crippen molar-refractivity contribution in [1.82, 2.24) is 0 Å². The number of ether oxygens (including phenoxy) is 1. The minimum Gasteiger partial charge on any atom is -0.491 e. The van der Waals surface area contributed by atoms with Gasteiger partial charge in [-0.15, -0.1) is 0 Å². The van der Waals surface area contributed by atoms with Crippen LogP contribution in [0.25, 0.3) is 0 Å². The van der Waals surface area contributed by atoms with E-state index < -0.39 is 0 Å². The predicted octanol–water partition coefficient (Wildman–Crippen LogP) is 4.23. The van der Waals surface area contributed by atoms with Gasteiger partial charge in [-0.2, -0.15) is 0 Å². The molecule has 0 atom stereocenters. The second-order valence-corrected chi connectivity index (χ2v) is 3.66. The minimum atomic E-state index is 0.200. The summed E-state index contributed by atoms with van der Waals surface area (Å²) in [5, 5.41) is 0. The molecule has 0 bridgehead atoms. The molecule has 0 aromatic rings. The number of hydrogen-bond donors (Lipinski definition) is 0. The van der Waals surface area contributed by atoms with Crippen molar-refractivity contribution in [3.05, 3.63) is 36.1 Å². The second-order valence-electron chi connectivity index (χ2n) is 3.66. The Morgan fingerprint density at radius 3 is 2.57 bits per heavy atom.